The maximum atomic E-state index is 14.6. The molecule has 0 bridgehead atoms. The predicted molar refractivity (Wildman–Crippen MR) is 128 cm³/mol. The van der Waals surface area contributed by atoms with Gasteiger partial charge in [0.1, 0.15) is 5.82 Å². The van der Waals surface area contributed by atoms with Crippen molar-refractivity contribution < 1.29 is 13.9 Å². The van der Waals surface area contributed by atoms with E-state index in [1.54, 1.807) is 20.2 Å². The Bertz CT molecular complexity index is 719. The zero-order valence-electron chi connectivity index (χ0n) is 17.8. The van der Waals surface area contributed by atoms with Crippen LogP contribution in [0.4, 0.5) is 10.1 Å². The second-order valence-electron chi connectivity index (χ2n) is 7.59. The summed E-state index contributed by atoms with van der Waals surface area (Å²) in [6.45, 7) is 4.97. The summed E-state index contributed by atoms with van der Waals surface area (Å²) < 4.78 is 19.9. The molecule has 2 heterocycles. The number of nitrogens with one attached hydrogen (secondary N) is 2. The fraction of sp³-hybridized carbons (Fsp3) is 0.619. The van der Waals surface area contributed by atoms with Crippen LogP contribution in [0.1, 0.15) is 24.8 Å². The number of benzene rings is 1. The number of halogens is 2. The summed E-state index contributed by atoms with van der Waals surface area (Å²) in [7, 11) is 3.45. The molecule has 7 nitrogen and oxygen atoms in total. The average molecular weight is 533 g/mol. The molecule has 1 aromatic carbocycles. The number of rotatable bonds is 5. The van der Waals surface area contributed by atoms with Gasteiger partial charge in [0, 0.05) is 53.2 Å². The number of morpholine rings is 1. The smallest absolute Gasteiger partial charge is 0.220 e. The van der Waals surface area contributed by atoms with Crippen LogP contribution in [0.15, 0.2) is 23.2 Å². The first-order valence-electron chi connectivity index (χ1n) is 10.4. The number of amides is 1. The van der Waals surface area contributed by atoms with Gasteiger partial charge in [0.15, 0.2) is 5.96 Å². The van der Waals surface area contributed by atoms with Crippen molar-refractivity contribution in [2.75, 3.05) is 58.4 Å². The molecule has 2 fully saturated rings. The first-order valence-corrected chi connectivity index (χ1v) is 10.4. The number of ether oxygens (including phenoxy) is 1. The van der Waals surface area contributed by atoms with Crippen LogP contribution < -0.4 is 15.5 Å². The van der Waals surface area contributed by atoms with Crippen LogP contribution in [0.5, 0.6) is 0 Å². The van der Waals surface area contributed by atoms with Crippen molar-refractivity contribution in [1.82, 2.24) is 15.5 Å². The minimum Gasteiger partial charge on any atom is -0.378 e. The first kappa shape index (κ1) is 24.6. The molecular formula is C21H33FIN5O2. The van der Waals surface area contributed by atoms with E-state index in [1.807, 2.05) is 17.0 Å². The highest BCUT2D eigenvalue weighted by Crippen LogP contribution is 2.22. The molecule has 1 aromatic rings. The zero-order valence-corrected chi connectivity index (χ0v) is 20.2. The molecule has 30 heavy (non-hydrogen) atoms. The van der Waals surface area contributed by atoms with Crippen LogP contribution >= 0.6 is 24.0 Å². The molecule has 3 rings (SSSR count). The molecular weight excluding hydrogens is 500 g/mol. The number of hydrogen-bond donors (Lipinski definition) is 2. The van der Waals surface area contributed by atoms with Gasteiger partial charge in [-0.15, -0.1) is 24.0 Å². The minimum absolute atomic E-state index is 0. The zero-order chi connectivity index (χ0) is 20.6. The van der Waals surface area contributed by atoms with E-state index in [9.17, 15) is 9.18 Å². The molecule has 0 unspecified atom stereocenters. The van der Waals surface area contributed by atoms with Crippen LogP contribution in [0.2, 0.25) is 0 Å². The van der Waals surface area contributed by atoms with Crippen LogP contribution in [0.25, 0.3) is 0 Å². The highest BCUT2D eigenvalue weighted by molar-refractivity contribution is 14.0. The maximum absolute atomic E-state index is 14.6. The molecule has 2 aliphatic heterocycles. The first-order chi connectivity index (χ1) is 14.1. The van der Waals surface area contributed by atoms with Gasteiger partial charge in [0.2, 0.25) is 5.91 Å². The molecule has 0 aliphatic carbocycles. The van der Waals surface area contributed by atoms with Crippen LogP contribution in [-0.2, 0) is 16.1 Å². The number of likely N-dealkylation sites (tertiary alicyclic amines) is 1. The number of aliphatic imine (C=N–C) groups is 1. The molecule has 0 saturated carbocycles. The van der Waals surface area contributed by atoms with E-state index in [0.29, 0.717) is 37.8 Å². The summed E-state index contributed by atoms with van der Waals surface area (Å²) in [4.78, 5) is 20.2. The Morgan fingerprint density at radius 2 is 1.93 bits per heavy atom. The SMILES string of the molecule is CN=C(NCc1ccc(N2CCOCC2)c(F)c1)N1CCC(CC(=O)NC)CC1.I. The van der Waals surface area contributed by atoms with Gasteiger partial charge in [-0.3, -0.25) is 9.79 Å². The quantitative estimate of drug-likeness (QED) is 0.345. The fourth-order valence-corrected chi connectivity index (χ4v) is 3.95. The Morgan fingerprint density at radius 1 is 1.23 bits per heavy atom. The minimum atomic E-state index is -0.198. The number of guanidine groups is 1. The van der Waals surface area contributed by atoms with E-state index in [-0.39, 0.29) is 35.7 Å². The van der Waals surface area contributed by atoms with Gasteiger partial charge in [0.05, 0.1) is 18.9 Å². The van der Waals surface area contributed by atoms with Crippen molar-refractivity contribution in [3.8, 4) is 0 Å². The fourth-order valence-electron chi connectivity index (χ4n) is 3.95. The summed E-state index contributed by atoms with van der Waals surface area (Å²) in [6.07, 6.45) is 2.53. The van der Waals surface area contributed by atoms with Crippen molar-refractivity contribution >= 4 is 41.5 Å². The van der Waals surface area contributed by atoms with E-state index in [2.05, 4.69) is 20.5 Å². The van der Waals surface area contributed by atoms with Gasteiger partial charge in [-0.1, -0.05) is 6.07 Å². The van der Waals surface area contributed by atoms with Crippen LogP contribution in [0.3, 0.4) is 0 Å². The van der Waals surface area contributed by atoms with E-state index < -0.39 is 0 Å². The van der Waals surface area contributed by atoms with Gasteiger partial charge >= 0.3 is 0 Å². The lowest BCUT2D eigenvalue weighted by Gasteiger charge is -2.34. The van der Waals surface area contributed by atoms with Gasteiger partial charge < -0.3 is 25.2 Å². The summed E-state index contributed by atoms with van der Waals surface area (Å²) >= 11 is 0. The number of anilines is 1. The highest BCUT2D eigenvalue weighted by Gasteiger charge is 2.23. The number of nitrogens with zero attached hydrogens (tertiary/aromatic N) is 3. The van der Waals surface area contributed by atoms with E-state index >= 15 is 0 Å². The largest absolute Gasteiger partial charge is 0.378 e. The second-order valence-corrected chi connectivity index (χ2v) is 7.59. The van der Waals surface area contributed by atoms with E-state index in [1.165, 1.54) is 0 Å². The third-order valence-electron chi connectivity index (χ3n) is 5.69. The Hall–Kier alpha value is -1.62. The summed E-state index contributed by atoms with van der Waals surface area (Å²) in [6, 6.07) is 5.41. The lowest BCUT2D eigenvalue weighted by molar-refractivity contribution is -0.121. The molecule has 0 spiro atoms. The van der Waals surface area contributed by atoms with Crippen molar-refractivity contribution in [1.29, 1.82) is 0 Å². The third kappa shape index (κ3) is 6.69. The van der Waals surface area contributed by atoms with Gasteiger partial charge in [0.25, 0.3) is 0 Å². The molecule has 9 heteroatoms. The predicted octanol–water partition coefficient (Wildman–Crippen LogP) is 2.20. The van der Waals surface area contributed by atoms with Gasteiger partial charge in [-0.05, 0) is 36.5 Å². The normalized spacial score (nSPS) is 18.0. The molecule has 0 aromatic heterocycles. The van der Waals surface area contributed by atoms with E-state index in [4.69, 9.17) is 4.74 Å². The Kier molecular flexibility index (Phi) is 10.1. The molecule has 1 amide bonds. The lowest BCUT2D eigenvalue weighted by Crippen LogP contribution is -2.45. The van der Waals surface area contributed by atoms with E-state index in [0.717, 1.165) is 50.5 Å². The molecule has 2 aliphatic rings. The third-order valence-corrected chi connectivity index (χ3v) is 5.69. The monoisotopic (exact) mass is 533 g/mol. The molecule has 0 radical (unpaired) electrons. The molecule has 2 N–H and O–H groups in total. The van der Waals surface area contributed by atoms with Crippen molar-refractivity contribution in [3.63, 3.8) is 0 Å². The molecule has 168 valence electrons. The highest BCUT2D eigenvalue weighted by atomic mass is 127. The lowest BCUT2D eigenvalue weighted by atomic mass is 9.93. The van der Waals surface area contributed by atoms with Crippen LogP contribution in [-0.4, -0.2) is 70.3 Å². The number of carbonyl (C=O) groups is 1. The Balaban J connectivity index is 0.00000320. The Morgan fingerprint density at radius 3 is 2.53 bits per heavy atom. The molecule has 2 saturated heterocycles. The van der Waals surface area contributed by atoms with Crippen molar-refractivity contribution in [3.05, 3.63) is 29.6 Å². The average Bonchev–Trinajstić information content (AvgIpc) is 2.76. The Labute approximate surface area is 195 Å². The topological polar surface area (TPSA) is 69.2 Å². The summed E-state index contributed by atoms with van der Waals surface area (Å²) in [5, 5.41) is 6.04. The standard InChI is InChI=1S/C21H32FN5O2.HI/c1-23-20(28)14-16-5-7-27(8-6-16)21(24-2)25-15-17-3-4-19(18(22)13-17)26-9-11-29-12-10-26;/h3-4,13,16H,5-12,14-15H2,1-2H3,(H,23,28)(H,24,25);1H. The second kappa shape index (κ2) is 12.3. The van der Waals surface area contributed by atoms with Crippen molar-refractivity contribution in [2.45, 2.75) is 25.8 Å². The van der Waals surface area contributed by atoms with Crippen LogP contribution in [0, 0.1) is 11.7 Å². The molecule has 0 atom stereocenters. The number of hydrogen-bond acceptors (Lipinski definition) is 4. The maximum Gasteiger partial charge on any atom is 0.220 e. The summed E-state index contributed by atoms with van der Waals surface area (Å²) in [5.74, 6) is 1.15. The number of carbonyl (C=O) groups excluding carboxylic acids is 1. The summed E-state index contributed by atoms with van der Waals surface area (Å²) in [5.41, 5.74) is 1.52. The number of piperidine rings is 1. The van der Waals surface area contributed by atoms with Gasteiger partial charge in [-0.2, -0.15) is 0 Å². The van der Waals surface area contributed by atoms with Crippen molar-refractivity contribution in [2.24, 2.45) is 10.9 Å². The van der Waals surface area contributed by atoms with Gasteiger partial charge in [-0.25, -0.2) is 4.39 Å².